The SMILES string of the molecule is CCOC1(c2nc(C)c(CNC(C)C)c(C)n2)CCCC1. The van der Waals surface area contributed by atoms with Gasteiger partial charge in [0.25, 0.3) is 0 Å². The van der Waals surface area contributed by atoms with Gasteiger partial charge < -0.3 is 10.1 Å². The zero-order valence-corrected chi connectivity index (χ0v) is 14.1. The monoisotopic (exact) mass is 291 g/mol. The van der Waals surface area contributed by atoms with E-state index in [4.69, 9.17) is 14.7 Å². The number of nitrogens with zero attached hydrogens (tertiary/aromatic N) is 2. The van der Waals surface area contributed by atoms with E-state index in [1.807, 2.05) is 0 Å². The van der Waals surface area contributed by atoms with Crippen LogP contribution in [0.25, 0.3) is 0 Å². The molecule has 0 unspecified atom stereocenters. The lowest BCUT2D eigenvalue weighted by Crippen LogP contribution is -2.30. The van der Waals surface area contributed by atoms with Crippen LogP contribution < -0.4 is 5.32 Å². The summed E-state index contributed by atoms with van der Waals surface area (Å²) in [5.74, 6) is 0.894. The van der Waals surface area contributed by atoms with Gasteiger partial charge in [-0.3, -0.25) is 0 Å². The highest BCUT2D eigenvalue weighted by molar-refractivity contribution is 5.26. The first kappa shape index (κ1) is 16.4. The molecule has 0 bridgehead atoms. The van der Waals surface area contributed by atoms with Crippen LogP contribution in [-0.4, -0.2) is 22.6 Å². The molecule has 1 aromatic rings. The number of hydrogen-bond acceptors (Lipinski definition) is 4. The zero-order chi connectivity index (χ0) is 15.5. The third-order valence-electron chi connectivity index (χ3n) is 4.35. The minimum Gasteiger partial charge on any atom is -0.367 e. The van der Waals surface area contributed by atoms with Crippen molar-refractivity contribution in [2.45, 2.75) is 78.5 Å². The maximum atomic E-state index is 6.08. The second-order valence-corrected chi connectivity index (χ2v) is 6.37. The molecule has 1 aromatic heterocycles. The van der Waals surface area contributed by atoms with E-state index in [1.165, 1.54) is 18.4 Å². The fourth-order valence-corrected chi connectivity index (χ4v) is 3.16. The number of ether oxygens (including phenoxy) is 1. The van der Waals surface area contributed by atoms with Crippen molar-refractivity contribution in [2.75, 3.05) is 6.61 Å². The lowest BCUT2D eigenvalue weighted by molar-refractivity contribution is -0.0459. The average molecular weight is 291 g/mol. The predicted molar refractivity (Wildman–Crippen MR) is 85.3 cm³/mol. The summed E-state index contributed by atoms with van der Waals surface area (Å²) in [6.07, 6.45) is 4.50. The molecule has 0 aliphatic heterocycles. The molecule has 0 spiro atoms. The van der Waals surface area contributed by atoms with Crippen molar-refractivity contribution in [1.29, 1.82) is 0 Å². The summed E-state index contributed by atoms with van der Waals surface area (Å²) in [4.78, 5) is 9.62. The van der Waals surface area contributed by atoms with Gasteiger partial charge >= 0.3 is 0 Å². The van der Waals surface area contributed by atoms with Gasteiger partial charge in [0.15, 0.2) is 5.82 Å². The van der Waals surface area contributed by atoms with Gasteiger partial charge in [-0.2, -0.15) is 0 Å². The lowest BCUT2D eigenvalue weighted by Gasteiger charge is -2.28. The maximum Gasteiger partial charge on any atom is 0.160 e. The summed E-state index contributed by atoms with van der Waals surface area (Å²) >= 11 is 0. The van der Waals surface area contributed by atoms with E-state index in [0.29, 0.717) is 6.04 Å². The van der Waals surface area contributed by atoms with E-state index in [-0.39, 0.29) is 5.60 Å². The third kappa shape index (κ3) is 3.61. The lowest BCUT2D eigenvalue weighted by atomic mass is 10.00. The molecule has 0 atom stereocenters. The summed E-state index contributed by atoms with van der Waals surface area (Å²) in [6.45, 7) is 12.1. The fourth-order valence-electron chi connectivity index (χ4n) is 3.16. The Morgan fingerprint density at radius 2 is 1.71 bits per heavy atom. The van der Waals surface area contributed by atoms with Crippen molar-refractivity contribution in [2.24, 2.45) is 0 Å². The van der Waals surface area contributed by atoms with E-state index >= 15 is 0 Å². The van der Waals surface area contributed by atoms with Crippen molar-refractivity contribution >= 4 is 0 Å². The molecule has 2 rings (SSSR count). The highest BCUT2D eigenvalue weighted by Crippen LogP contribution is 2.40. The molecule has 21 heavy (non-hydrogen) atoms. The number of hydrogen-bond donors (Lipinski definition) is 1. The zero-order valence-electron chi connectivity index (χ0n) is 14.1. The number of aryl methyl sites for hydroxylation is 2. The molecule has 0 saturated heterocycles. The maximum absolute atomic E-state index is 6.08. The van der Waals surface area contributed by atoms with E-state index < -0.39 is 0 Å². The van der Waals surface area contributed by atoms with Gasteiger partial charge in [0.1, 0.15) is 5.60 Å². The van der Waals surface area contributed by atoms with E-state index in [0.717, 1.165) is 43.2 Å². The minimum absolute atomic E-state index is 0.242. The molecule has 1 heterocycles. The van der Waals surface area contributed by atoms with Crippen molar-refractivity contribution < 1.29 is 4.74 Å². The van der Waals surface area contributed by atoms with Gasteiger partial charge in [-0.05, 0) is 46.5 Å². The summed E-state index contributed by atoms with van der Waals surface area (Å²) in [6, 6.07) is 0.466. The molecule has 118 valence electrons. The topological polar surface area (TPSA) is 47.0 Å². The van der Waals surface area contributed by atoms with E-state index in [2.05, 4.69) is 39.9 Å². The van der Waals surface area contributed by atoms with E-state index in [9.17, 15) is 0 Å². The van der Waals surface area contributed by atoms with Gasteiger partial charge in [-0.1, -0.05) is 13.8 Å². The first-order valence-corrected chi connectivity index (χ1v) is 8.20. The Labute approximate surface area is 128 Å². The number of rotatable bonds is 6. The van der Waals surface area contributed by atoms with E-state index in [1.54, 1.807) is 0 Å². The first-order chi connectivity index (χ1) is 9.98. The molecule has 1 fully saturated rings. The van der Waals surface area contributed by atoms with Crippen molar-refractivity contribution in [3.05, 3.63) is 22.8 Å². The fraction of sp³-hybridized carbons (Fsp3) is 0.765. The highest BCUT2D eigenvalue weighted by Gasteiger charge is 2.39. The smallest absolute Gasteiger partial charge is 0.160 e. The number of aromatic nitrogens is 2. The van der Waals surface area contributed by atoms with Crippen LogP contribution in [0.3, 0.4) is 0 Å². The Bertz CT molecular complexity index is 456. The van der Waals surface area contributed by atoms with Crippen molar-refractivity contribution in [3.63, 3.8) is 0 Å². The third-order valence-corrected chi connectivity index (χ3v) is 4.35. The van der Waals surface area contributed by atoms with Crippen LogP contribution in [0.2, 0.25) is 0 Å². The van der Waals surface area contributed by atoms with Crippen LogP contribution in [0.4, 0.5) is 0 Å². The van der Waals surface area contributed by atoms with Crippen LogP contribution >= 0.6 is 0 Å². The summed E-state index contributed by atoms with van der Waals surface area (Å²) in [7, 11) is 0. The predicted octanol–water partition coefficient (Wildman–Crippen LogP) is 3.40. The highest BCUT2D eigenvalue weighted by atomic mass is 16.5. The van der Waals surface area contributed by atoms with Crippen molar-refractivity contribution in [1.82, 2.24) is 15.3 Å². The Morgan fingerprint density at radius 1 is 1.14 bits per heavy atom. The Balaban J connectivity index is 2.29. The van der Waals surface area contributed by atoms with Gasteiger partial charge in [0, 0.05) is 36.1 Å². The molecule has 1 aliphatic rings. The van der Waals surface area contributed by atoms with Crippen LogP contribution in [-0.2, 0) is 16.9 Å². The van der Waals surface area contributed by atoms with Crippen LogP contribution in [0.1, 0.15) is 69.2 Å². The molecule has 1 saturated carbocycles. The Morgan fingerprint density at radius 3 is 2.19 bits per heavy atom. The normalized spacial score (nSPS) is 17.6. The Hall–Kier alpha value is -1.00. The molecule has 0 radical (unpaired) electrons. The van der Waals surface area contributed by atoms with Gasteiger partial charge in [-0.25, -0.2) is 9.97 Å². The molecule has 0 aromatic carbocycles. The van der Waals surface area contributed by atoms with Gasteiger partial charge in [0.2, 0.25) is 0 Å². The molecule has 0 amide bonds. The quantitative estimate of drug-likeness (QED) is 0.872. The largest absolute Gasteiger partial charge is 0.367 e. The molecule has 1 aliphatic carbocycles. The standard InChI is InChI=1S/C17H29N3O/c1-6-21-17(9-7-8-10-17)16-19-13(4)15(14(5)20-16)11-18-12(2)3/h12,18H,6-11H2,1-5H3. The molecule has 4 heteroatoms. The second kappa shape index (κ2) is 6.84. The molecule has 1 N–H and O–H groups in total. The van der Waals surface area contributed by atoms with Crippen molar-refractivity contribution in [3.8, 4) is 0 Å². The summed E-state index contributed by atoms with van der Waals surface area (Å²) < 4.78 is 6.08. The summed E-state index contributed by atoms with van der Waals surface area (Å²) in [5.41, 5.74) is 3.14. The number of nitrogens with one attached hydrogen (secondary N) is 1. The Kier molecular flexibility index (Phi) is 5.33. The molecular formula is C17H29N3O. The van der Waals surface area contributed by atoms with Gasteiger partial charge in [0.05, 0.1) is 0 Å². The molecule has 4 nitrogen and oxygen atoms in total. The molecular weight excluding hydrogens is 262 g/mol. The first-order valence-electron chi connectivity index (χ1n) is 8.20. The van der Waals surface area contributed by atoms with Crippen LogP contribution in [0.5, 0.6) is 0 Å². The van der Waals surface area contributed by atoms with Gasteiger partial charge in [-0.15, -0.1) is 0 Å². The van der Waals surface area contributed by atoms with Crippen LogP contribution in [0.15, 0.2) is 0 Å². The van der Waals surface area contributed by atoms with Crippen LogP contribution in [0, 0.1) is 13.8 Å². The average Bonchev–Trinajstić information content (AvgIpc) is 2.87. The second-order valence-electron chi connectivity index (χ2n) is 6.37. The summed E-state index contributed by atoms with van der Waals surface area (Å²) in [5, 5.41) is 3.46. The minimum atomic E-state index is -0.242.